The Balaban J connectivity index is 1.71. The number of carbonyl (C=O) groups is 3. The van der Waals surface area contributed by atoms with Crippen LogP contribution >= 0.6 is 0 Å². The lowest BCUT2D eigenvalue weighted by molar-refractivity contribution is -0.122. The van der Waals surface area contributed by atoms with Crippen LogP contribution in [0.2, 0.25) is 0 Å². The molecule has 1 fully saturated rings. The molecule has 0 spiro atoms. The van der Waals surface area contributed by atoms with Gasteiger partial charge in [0.15, 0.2) is 0 Å². The standard InChI is InChI=1S/C25H21N5O5S/c1-17(31)28-20-6-10-22(11-7-20)36(34,35)29(16-19-3-2-12-27-15-19)23-13-24(32)30(25(23)33)21-8-4-18(14-26)5-9-21/h2-12,15,23H,13,16H2,1H3,(H,28,31). The highest BCUT2D eigenvalue weighted by atomic mass is 32.2. The lowest BCUT2D eigenvalue weighted by Gasteiger charge is -2.27. The summed E-state index contributed by atoms with van der Waals surface area (Å²) in [6, 6.07) is 15.4. The zero-order chi connectivity index (χ0) is 25.9. The van der Waals surface area contributed by atoms with Gasteiger partial charge in [0.25, 0.3) is 5.91 Å². The molecule has 2 heterocycles. The Morgan fingerprint density at radius 3 is 2.42 bits per heavy atom. The first-order valence-corrected chi connectivity index (χ1v) is 12.3. The topological polar surface area (TPSA) is 141 Å². The van der Waals surface area contributed by atoms with Gasteiger partial charge in [-0.1, -0.05) is 6.07 Å². The summed E-state index contributed by atoms with van der Waals surface area (Å²) < 4.78 is 28.5. The lowest BCUT2D eigenvalue weighted by Crippen LogP contribution is -2.45. The van der Waals surface area contributed by atoms with Crippen LogP contribution in [0.5, 0.6) is 0 Å². The number of carbonyl (C=O) groups excluding carboxylic acids is 3. The molecular weight excluding hydrogens is 482 g/mol. The number of aromatic nitrogens is 1. The van der Waals surface area contributed by atoms with Crippen LogP contribution in [0, 0.1) is 11.3 Å². The fourth-order valence-electron chi connectivity index (χ4n) is 3.88. The molecule has 1 N–H and O–H groups in total. The average molecular weight is 504 g/mol. The Hall–Kier alpha value is -4.40. The minimum atomic E-state index is -4.25. The number of imide groups is 1. The van der Waals surface area contributed by atoms with Crippen molar-refractivity contribution in [1.29, 1.82) is 5.26 Å². The van der Waals surface area contributed by atoms with Gasteiger partial charge in [0, 0.05) is 31.5 Å². The van der Waals surface area contributed by atoms with E-state index in [1.807, 2.05) is 6.07 Å². The van der Waals surface area contributed by atoms with E-state index in [4.69, 9.17) is 5.26 Å². The Morgan fingerprint density at radius 1 is 1.14 bits per heavy atom. The number of hydrogen-bond donors (Lipinski definition) is 1. The smallest absolute Gasteiger partial charge is 0.252 e. The SMILES string of the molecule is CC(=O)Nc1ccc(S(=O)(=O)N(Cc2cccnc2)C2CC(=O)N(c3ccc(C#N)cc3)C2=O)cc1. The van der Waals surface area contributed by atoms with Crippen LogP contribution in [0.3, 0.4) is 0 Å². The molecule has 10 nitrogen and oxygen atoms in total. The first-order chi connectivity index (χ1) is 17.2. The summed E-state index contributed by atoms with van der Waals surface area (Å²) in [6.45, 7) is 1.15. The molecule has 0 radical (unpaired) electrons. The van der Waals surface area contributed by atoms with Crippen LogP contribution in [0.15, 0.2) is 78.0 Å². The predicted octanol–water partition coefficient (Wildman–Crippen LogP) is 2.43. The zero-order valence-electron chi connectivity index (χ0n) is 19.2. The molecule has 1 atom stereocenters. The highest BCUT2D eigenvalue weighted by molar-refractivity contribution is 7.89. The molecule has 1 aliphatic rings. The van der Waals surface area contributed by atoms with E-state index in [0.29, 0.717) is 16.8 Å². The summed E-state index contributed by atoms with van der Waals surface area (Å²) in [5.41, 5.74) is 1.56. The van der Waals surface area contributed by atoms with Crippen molar-refractivity contribution in [2.24, 2.45) is 0 Å². The second kappa shape index (κ2) is 10.1. The van der Waals surface area contributed by atoms with Crippen LogP contribution in [-0.4, -0.2) is 41.5 Å². The van der Waals surface area contributed by atoms with Gasteiger partial charge in [-0.2, -0.15) is 9.57 Å². The van der Waals surface area contributed by atoms with Crippen molar-refractivity contribution < 1.29 is 22.8 Å². The maximum Gasteiger partial charge on any atom is 0.252 e. The first-order valence-electron chi connectivity index (χ1n) is 10.9. The van der Waals surface area contributed by atoms with E-state index in [-0.39, 0.29) is 29.5 Å². The normalized spacial score (nSPS) is 15.7. The fourth-order valence-corrected chi connectivity index (χ4v) is 5.45. The quantitative estimate of drug-likeness (QED) is 0.488. The Kier molecular flexibility index (Phi) is 6.91. The van der Waals surface area contributed by atoms with Crippen molar-refractivity contribution in [3.63, 3.8) is 0 Å². The minimum absolute atomic E-state index is 0.0995. The van der Waals surface area contributed by atoms with Crippen LogP contribution in [0.25, 0.3) is 0 Å². The molecule has 2 aromatic carbocycles. The number of benzene rings is 2. The van der Waals surface area contributed by atoms with Gasteiger partial charge in [-0.3, -0.25) is 19.4 Å². The predicted molar refractivity (Wildman–Crippen MR) is 130 cm³/mol. The fraction of sp³-hybridized carbons (Fsp3) is 0.160. The number of nitrogens with one attached hydrogen (secondary N) is 1. The zero-order valence-corrected chi connectivity index (χ0v) is 20.0. The third kappa shape index (κ3) is 5.00. The molecule has 11 heteroatoms. The average Bonchev–Trinajstić information content (AvgIpc) is 3.16. The van der Waals surface area contributed by atoms with Gasteiger partial charge in [0.1, 0.15) is 6.04 Å². The van der Waals surface area contributed by atoms with Gasteiger partial charge in [0.05, 0.1) is 28.6 Å². The molecule has 3 amide bonds. The second-order valence-electron chi connectivity index (χ2n) is 8.06. The van der Waals surface area contributed by atoms with E-state index in [1.54, 1.807) is 18.3 Å². The van der Waals surface area contributed by atoms with Crippen molar-refractivity contribution in [3.05, 3.63) is 84.2 Å². The summed E-state index contributed by atoms with van der Waals surface area (Å²) in [6.07, 6.45) is 2.68. The maximum absolute atomic E-state index is 13.7. The number of pyridine rings is 1. The molecule has 182 valence electrons. The van der Waals surface area contributed by atoms with Crippen LogP contribution in [0.1, 0.15) is 24.5 Å². The van der Waals surface area contributed by atoms with Gasteiger partial charge in [-0.05, 0) is 60.2 Å². The molecular formula is C25H21N5O5S. The van der Waals surface area contributed by atoms with E-state index < -0.39 is 27.9 Å². The number of anilines is 2. The van der Waals surface area contributed by atoms with E-state index in [0.717, 1.165) is 9.21 Å². The summed E-state index contributed by atoms with van der Waals surface area (Å²) in [5, 5.41) is 11.6. The van der Waals surface area contributed by atoms with Gasteiger partial charge < -0.3 is 5.32 Å². The number of nitrogens with zero attached hydrogens (tertiary/aromatic N) is 4. The lowest BCUT2D eigenvalue weighted by atomic mass is 10.2. The van der Waals surface area contributed by atoms with Crippen LogP contribution < -0.4 is 10.2 Å². The molecule has 1 aromatic heterocycles. The molecule has 0 aliphatic carbocycles. The molecule has 0 bridgehead atoms. The largest absolute Gasteiger partial charge is 0.326 e. The Morgan fingerprint density at radius 2 is 1.83 bits per heavy atom. The first kappa shape index (κ1) is 24.7. The summed E-state index contributed by atoms with van der Waals surface area (Å²) in [5.74, 6) is -1.55. The molecule has 3 aromatic rings. The number of nitriles is 1. The molecule has 1 saturated heterocycles. The monoisotopic (exact) mass is 503 g/mol. The van der Waals surface area contributed by atoms with Crippen molar-refractivity contribution in [2.45, 2.75) is 30.8 Å². The van der Waals surface area contributed by atoms with E-state index >= 15 is 0 Å². The Labute approximate surface area is 207 Å². The summed E-state index contributed by atoms with van der Waals surface area (Å²) in [4.78, 5) is 42.5. The number of rotatable bonds is 7. The van der Waals surface area contributed by atoms with Crippen molar-refractivity contribution >= 4 is 39.1 Å². The Bertz CT molecular complexity index is 1450. The molecule has 36 heavy (non-hydrogen) atoms. The minimum Gasteiger partial charge on any atom is -0.326 e. The molecule has 0 saturated carbocycles. The second-order valence-corrected chi connectivity index (χ2v) is 9.95. The maximum atomic E-state index is 13.7. The van der Waals surface area contributed by atoms with Gasteiger partial charge in [0.2, 0.25) is 21.8 Å². The number of amides is 3. The van der Waals surface area contributed by atoms with E-state index in [1.165, 1.54) is 61.7 Å². The van der Waals surface area contributed by atoms with Crippen molar-refractivity contribution in [2.75, 3.05) is 10.2 Å². The molecule has 1 aliphatic heterocycles. The van der Waals surface area contributed by atoms with Gasteiger partial charge in [-0.15, -0.1) is 0 Å². The van der Waals surface area contributed by atoms with Crippen LogP contribution in [0.4, 0.5) is 11.4 Å². The molecule has 4 rings (SSSR count). The highest BCUT2D eigenvalue weighted by Crippen LogP contribution is 2.31. The summed E-state index contributed by atoms with van der Waals surface area (Å²) in [7, 11) is -4.25. The van der Waals surface area contributed by atoms with Gasteiger partial charge >= 0.3 is 0 Å². The third-order valence-corrected chi connectivity index (χ3v) is 7.44. The van der Waals surface area contributed by atoms with Crippen molar-refractivity contribution in [3.8, 4) is 6.07 Å². The van der Waals surface area contributed by atoms with E-state index in [2.05, 4.69) is 10.3 Å². The third-order valence-electron chi connectivity index (χ3n) is 5.57. The van der Waals surface area contributed by atoms with Gasteiger partial charge in [-0.25, -0.2) is 13.3 Å². The van der Waals surface area contributed by atoms with Crippen molar-refractivity contribution in [1.82, 2.24) is 9.29 Å². The molecule has 1 unspecified atom stereocenters. The summed E-state index contributed by atoms with van der Waals surface area (Å²) >= 11 is 0. The highest BCUT2D eigenvalue weighted by Gasteiger charge is 2.47. The van der Waals surface area contributed by atoms with E-state index in [9.17, 15) is 22.8 Å². The van der Waals surface area contributed by atoms with Crippen LogP contribution in [-0.2, 0) is 31.0 Å². The number of sulfonamides is 1. The number of hydrogen-bond acceptors (Lipinski definition) is 7.